The van der Waals surface area contributed by atoms with Crippen LogP contribution in [-0.2, 0) is 0 Å². The average Bonchev–Trinajstić information content (AvgIpc) is 2.42. The molecule has 2 nitrogen and oxygen atoms in total. The topological polar surface area (TPSA) is 21.3 Å². The van der Waals surface area contributed by atoms with Gasteiger partial charge in [-0.25, -0.2) is 0 Å². The maximum atomic E-state index is 6.20. The number of halogens is 3. The number of anilines is 1. The van der Waals surface area contributed by atoms with Crippen molar-refractivity contribution < 1.29 is 4.74 Å². The van der Waals surface area contributed by atoms with E-state index in [9.17, 15) is 0 Å². The van der Waals surface area contributed by atoms with Crippen LogP contribution < -0.4 is 10.1 Å². The molecule has 2 aromatic carbocycles. The number of nitrogens with one attached hydrogen (secondary N) is 1. The summed E-state index contributed by atoms with van der Waals surface area (Å²) in [5, 5.41) is 5.13. The fraction of sp³-hybridized carbons (Fsp3) is 0.143. The van der Waals surface area contributed by atoms with Gasteiger partial charge in [-0.2, -0.15) is 0 Å². The summed E-state index contributed by atoms with van der Waals surface area (Å²) in [6, 6.07) is 10.9. The second-order valence-electron chi connectivity index (χ2n) is 4.27. The first-order valence-corrected chi connectivity index (χ1v) is 6.92. The molecule has 0 amide bonds. The van der Waals surface area contributed by atoms with Crippen molar-refractivity contribution in [2.24, 2.45) is 0 Å². The standard InChI is InChI=1S/C14H10Cl3NO/c15-8-4-5-10(16)9(6-8)13-7-18-12-3-1-2-11(17)14(12)19-13/h1-6,13,18H,7H2. The van der Waals surface area contributed by atoms with Crippen molar-refractivity contribution in [1.29, 1.82) is 0 Å². The normalized spacial score (nSPS) is 17.3. The molecule has 1 N–H and O–H groups in total. The Kier molecular flexibility index (Phi) is 3.48. The monoisotopic (exact) mass is 313 g/mol. The second-order valence-corrected chi connectivity index (χ2v) is 5.52. The quantitative estimate of drug-likeness (QED) is 0.782. The Morgan fingerprint density at radius 1 is 1.05 bits per heavy atom. The number of rotatable bonds is 1. The number of hydrogen-bond acceptors (Lipinski definition) is 2. The second kappa shape index (κ2) is 5.12. The van der Waals surface area contributed by atoms with Crippen LogP contribution in [0.5, 0.6) is 5.75 Å². The first-order valence-electron chi connectivity index (χ1n) is 5.79. The Morgan fingerprint density at radius 2 is 1.89 bits per heavy atom. The summed E-state index contributed by atoms with van der Waals surface area (Å²) in [6.45, 7) is 0.618. The number of hydrogen-bond donors (Lipinski definition) is 1. The highest BCUT2D eigenvalue weighted by atomic mass is 35.5. The molecule has 0 aliphatic carbocycles. The molecule has 1 aliphatic rings. The molecular formula is C14H10Cl3NO. The molecular weight excluding hydrogens is 305 g/mol. The van der Waals surface area contributed by atoms with Gasteiger partial charge in [0.1, 0.15) is 6.10 Å². The molecule has 0 saturated heterocycles. The zero-order chi connectivity index (χ0) is 13.4. The summed E-state index contributed by atoms with van der Waals surface area (Å²) in [6.07, 6.45) is -0.210. The van der Waals surface area contributed by atoms with E-state index in [2.05, 4.69) is 5.32 Å². The van der Waals surface area contributed by atoms with Gasteiger partial charge >= 0.3 is 0 Å². The van der Waals surface area contributed by atoms with E-state index in [-0.39, 0.29) is 6.10 Å². The summed E-state index contributed by atoms with van der Waals surface area (Å²) in [4.78, 5) is 0. The fourth-order valence-corrected chi connectivity index (χ4v) is 2.73. The molecule has 19 heavy (non-hydrogen) atoms. The molecule has 98 valence electrons. The van der Waals surface area contributed by atoms with Crippen molar-refractivity contribution in [2.45, 2.75) is 6.10 Å². The van der Waals surface area contributed by atoms with E-state index in [1.807, 2.05) is 18.2 Å². The van der Waals surface area contributed by atoms with Crippen molar-refractivity contribution in [1.82, 2.24) is 0 Å². The number of benzene rings is 2. The van der Waals surface area contributed by atoms with E-state index in [1.165, 1.54) is 0 Å². The van der Waals surface area contributed by atoms with Gasteiger partial charge in [0.2, 0.25) is 0 Å². The molecule has 0 saturated carbocycles. The zero-order valence-corrected chi connectivity index (χ0v) is 12.1. The molecule has 1 heterocycles. The van der Waals surface area contributed by atoms with Crippen molar-refractivity contribution >= 4 is 40.5 Å². The van der Waals surface area contributed by atoms with Gasteiger partial charge in [0.05, 0.1) is 17.3 Å². The molecule has 0 bridgehead atoms. The van der Waals surface area contributed by atoms with Crippen LogP contribution in [0, 0.1) is 0 Å². The van der Waals surface area contributed by atoms with Crippen LogP contribution in [0.15, 0.2) is 36.4 Å². The van der Waals surface area contributed by atoms with Gasteiger partial charge in [-0.3, -0.25) is 0 Å². The predicted octanol–water partition coefficient (Wildman–Crippen LogP) is 5.19. The molecule has 1 unspecified atom stereocenters. The van der Waals surface area contributed by atoms with Crippen LogP contribution in [-0.4, -0.2) is 6.54 Å². The Hall–Kier alpha value is -1.09. The molecule has 2 aromatic rings. The van der Waals surface area contributed by atoms with Gasteiger partial charge in [0.15, 0.2) is 5.75 Å². The van der Waals surface area contributed by atoms with Crippen LogP contribution in [0.1, 0.15) is 11.7 Å². The Morgan fingerprint density at radius 3 is 2.74 bits per heavy atom. The molecule has 0 aromatic heterocycles. The lowest BCUT2D eigenvalue weighted by Gasteiger charge is -2.28. The lowest BCUT2D eigenvalue weighted by Crippen LogP contribution is -2.24. The third kappa shape index (κ3) is 2.48. The van der Waals surface area contributed by atoms with Gasteiger partial charge in [-0.15, -0.1) is 0 Å². The van der Waals surface area contributed by atoms with Gasteiger partial charge in [-0.1, -0.05) is 40.9 Å². The van der Waals surface area contributed by atoms with Crippen LogP contribution in [0.25, 0.3) is 0 Å². The van der Waals surface area contributed by atoms with Crippen molar-refractivity contribution in [3.8, 4) is 5.75 Å². The van der Waals surface area contributed by atoms with Gasteiger partial charge in [0, 0.05) is 15.6 Å². The molecule has 1 atom stereocenters. The Bertz CT molecular complexity index is 630. The highest BCUT2D eigenvalue weighted by Crippen LogP contribution is 2.41. The lowest BCUT2D eigenvalue weighted by molar-refractivity contribution is 0.211. The molecule has 0 spiro atoms. The van der Waals surface area contributed by atoms with Gasteiger partial charge in [-0.05, 0) is 30.3 Å². The van der Waals surface area contributed by atoms with Crippen LogP contribution >= 0.6 is 34.8 Å². The number of fused-ring (bicyclic) bond motifs is 1. The highest BCUT2D eigenvalue weighted by Gasteiger charge is 2.24. The van der Waals surface area contributed by atoms with Crippen molar-refractivity contribution in [3.63, 3.8) is 0 Å². The summed E-state index contributed by atoms with van der Waals surface area (Å²) in [5.41, 5.74) is 1.74. The highest BCUT2D eigenvalue weighted by molar-refractivity contribution is 6.33. The largest absolute Gasteiger partial charge is 0.480 e. The molecule has 3 rings (SSSR count). The van der Waals surface area contributed by atoms with E-state index < -0.39 is 0 Å². The smallest absolute Gasteiger partial charge is 0.162 e. The van der Waals surface area contributed by atoms with E-state index in [0.717, 1.165) is 11.3 Å². The minimum atomic E-state index is -0.210. The maximum Gasteiger partial charge on any atom is 0.162 e. The minimum absolute atomic E-state index is 0.210. The summed E-state index contributed by atoms with van der Waals surface area (Å²) in [5.74, 6) is 0.649. The van der Waals surface area contributed by atoms with Gasteiger partial charge in [0.25, 0.3) is 0 Å². The number of para-hydroxylation sites is 1. The van der Waals surface area contributed by atoms with E-state index in [1.54, 1.807) is 18.2 Å². The van der Waals surface area contributed by atoms with Gasteiger partial charge < -0.3 is 10.1 Å². The third-order valence-corrected chi connectivity index (χ3v) is 3.89. The van der Waals surface area contributed by atoms with Crippen molar-refractivity contribution in [2.75, 3.05) is 11.9 Å². The maximum absolute atomic E-state index is 6.20. The SMILES string of the molecule is Clc1ccc(Cl)c(C2CNc3cccc(Cl)c3O2)c1. The van der Waals surface area contributed by atoms with Crippen LogP contribution in [0.2, 0.25) is 15.1 Å². The van der Waals surface area contributed by atoms with E-state index in [0.29, 0.717) is 27.4 Å². The fourth-order valence-electron chi connectivity index (χ4n) is 2.09. The van der Waals surface area contributed by atoms with E-state index in [4.69, 9.17) is 39.5 Å². The first kappa shape index (κ1) is 12.9. The minimum Gasteiger partial charge on any atom is -0.480 e. The Labute approximate surface area is 126 Å². The number of ether oxygens (including phenoxy) is 1. The Balaban J connectivity index is 1.97. The summed E-state index contributed by atoms with van der Waals surface area (Å²) < 4.78 is 5.95. The third-order valence-electron chi connectivity index (χ3n) is 3.01. The zero-order valence-electron chi connectivity index (χ0n) is 9.79. The molecule has 5 heteroatoms. The molecule has 0 fully saturated rings. The summed E-state index contributed by atoms with van der Waals surface area (Å²) >= 11 is 18.3. The predicted molar refractivity (Wildman–Crippen MR) is 79.8 cm³/mol. The molecule has 1 aliphatic heterocycles. The van der Waals surface area contributed by atoms with Crippen molar-refractivity contribution in [3.05, 3.63) is 57.0 Å². The summed E-state index contributed by atoms with van der Waals surface area (Å²) in [7, 11) is 0. The first-order chi connectivity index (χ1) is 9.15. The molecule has 0 radical (unpaired) electrons. The lowest BCUT2D eigenvalue weighted by atomic mass is 10.1. The van der Waals surface area contributed by atoms with E-state index >= 15 is 0 Å². The van der Waals surface area contributed by atoms with Crippen LogP contribution in [0.3, 0.4) is 0 Å². The van der Waals surface area contributed by atoms with Crippen LogP contribution in [0.4, 0.5) is 5.69 Å². The average molecular weight is 315 g/mol.